The molecule has 1 aliphatic rings. The van der Waals surface area contributed by atoms with Crippen LogP contribution in [0.25, 0.3) is 55.8 Å². The van der Waals surface area contributed by atoms with Crippen LogP contribution in [0.15, 0.2) is 61.3 Å². The van der Waals surface area contributed by atoms with Crippen LogP contribution in [0.3, 0.4) is 0 Å². The van der Waals surface area contributed by atoms with E-state index in [-0.39, 0.29) is 18.4 Å². The summed E-state index contributed by atoms with van der Waals surface area (Å²) in [5.41, 5.74) is 5.89. The van der Waals surface area contributed by atoms with Gasteiger partial charge in [0.05, 0.1) is 52.8 Å². The van der Waals surface area contributed by atoms with Gasteiger partial charge in [-0.05, 0) is 54.3 Å². The normalized spacial score (nSPS) is 13.5. The van der Waals surface area contributed by atoms with Gasteiger partial charge >= 0.3 is 0 Å². The van der Waals surface area contributed by atoms with E-state index in [4.69, 9.17) is 4.98 Å². The first kappa shape index (κ1) is 26.8. The lowest BCUT2D eigenvalue weighted by Crippen LogP contribution is -2.21. The SMILES string of the molecule is CS(=O)(=O)NCc1cc(F)cc(-c2cncc3[nH]c(-c4n[nH]c5cnc(-c6cncc(NC(=O)C7CC7)c6)cc45)nc23)c1. The summed E-state index contributed by atoms with van der Waals surface area (Å²) in [7, 11) is -3.45. The zero-order valence-corrected chi connectivity index (χ0v) is 23.5. The second kappa shape index (κ2) is 10.3. The van der Waals surface area contributed by atoms with Crippen LogP contribution in [0.5, 0.6) is 0 Å². The molecule has 12 nitrogen and oxygen atoms in total. The number of nitrogens with zero attached hydrogens (tertiary/aromatic N) is 5. The molecule has 1 aromatic carbocycles. The van der Waals surface area contributed by atoms with Gasteiger partial charge < -0.3 is 10.3 Å². The fraction of sp³-hybridized carbons (Fsp3) is 0.172. The summed E-state index contributed by atoms with van der Waals surface area (Å²) in [5.74, 6) is 0.0235. The lowest BCUT2D eigenvalue weighted by molar-refractivity contribution is -0.117. The van der Waals surface area contributed by atoms with Crippen LogP contribution in [-0.4, -0.2) is 55.7 Å². The van der Waals surface area contributed by atoms with Gasteiger partial charge in [-0.3, -0.25) is 24.8 Å². The monoisotopic (exact) mass is 597 g/mol. The van der Waals surface area contributed by atoms with E-state index in [1.54, 1.807) is 37.1 Å². The maximum Gasteiger partial charge on any atom is 0.227 e. The predicted octanol–water partition coefficient (Wildman–Crippen LogP) is 4.16. The highest BCUT2D eigenvalue weighted by Crippen LogP contribution is 2.34. The summed E-state index contributed by atoms with van der Waals surface area (Å²) in [6, 6.07) is 8.03. The number of hydrogen-bond acceptors (Lipinski definition) is 8. The highest BCUT2D eigenvalue weighted by molar-refractivity contribution is 7.88. The number of aromatic nitrogens is 7. The first-order valence-corrected chi connectivity index (χ1v) is 15.3. The fourth-order valence-electron chi connectivity index (χ4n) is 4.87. The number of carbonyl (C=O) groups is 1. The third kappa shape index (κ3) is 5.57. The average molecular weight is 598 g/mol. The molecule has 1 saturated carbocycles. The molecular weight excluding hydrogens is 573 g/mol. The number of rotatable bonds is 8. The van der Waals surface area contributed by atoms with E-state index in [2.05, 4.69) is 40.2 Å². The van der Waals surface area contributed by atoms with Crippen molar-refractivity contribution in [3.63, 3.8) is 0 Å². The van der Waals surface area contributed by atoms with Gasteiger partial charge in [0.25, 0.3) is 0 Å². The Balaban J connectivity index is 1.25. The van der Waals surface area contributed by atoms with Crippen molar-refractivity contribution in [3.8, 4) is 33.9 Å². The Hall–Kier alpha value is -5.08. The van der Waals surface area contributed by atoms with Crippen LogP contribution in [0.4, 0.5) is 10.1 Å². The molecule has 43 heavy (non-hydrogen) atoms. The molecule has 1 amide bonds. The number of anilines is 1. The smallest absolute Gasteiger partial charge is 0.227 e. The van der Waals surface area contributed by atoms with Crippen molar-refractivity contribution in [1.29, 1.82) is 0 Å². The topological polar surface area (TPSA) is 171 Å². The largest absolute Gasteiger partial charge is 0.335 e. The molecular formula is C29H24FN9O3S. The molecule has 0 radical (unpaired) electrons. The van der Waals surface area contributed by atoms with Crippen molar-refractivity contribution in [2.75, 3.05) is 11.6 Å². The predicted molar refractivity (Wildman–Crippen MR) is 158 cm³/mol. The van der Waals surface area contributed by atoms with Crippen molar-refractivity contribution >= 4 is 43.6 Å². The van der Waals surface area contributed by atoms with Crippen LogP contribution >= 0.6 is 0 Å². The van der Waals surface area contributed by atoms with Gasteiger partial charge in [-0.15, -0.1) is 0 Å². The summed E-state index contributed by atoms with van der Waals surface area (Å²) in [6.45, 7) is -0.0558. The van der Waals surface area contributed by atoms with Gasteiger partial charge in [-0.1, -0.05) is 0 Å². The molecule has 0 aliphatic heterocycles. The molecule has 1 fully saturated rings. The molecule has 0 saturated heterocycles. The Labute approximate surface area is 244 Å². The van der Waals surface area contributed by atoms with Gasteiger partial charge in [0, 0.05) is 41.4 Å². The van der Waals surface area contributed by atoms with Crippen molar-refractivity contribution in [3.05, 3.63) is 72.7 Å². The Morgan fingerprint density at radius 1 is 1.00 bits per heavy atom. The first-order valence-electron chi connectivity index (χ1n) is 13.4. The number of amides is 1. The molecule has 7 rings (SSSR count). The Morgan fingerprint density at radius 3 is 2.65 bits per heavy atom. The molecule has 216 valence electrons. The highest BCUT2D eigenvalue weighted by Gasteiger charge is 2.29. The van der Waals surface area contributed by atoms with Crippen molar-refractivity contribution < 1.29 is 17.6 Å². The van der Waals surface area contributed by atoms with Gasteiger partial charge in [0.2, 0.25) is 15.9 Å². The van der Waals surface area contributed by atoms with Crippen LogP contribution in [-0.2, 0) is 21.4 Å². The Kier molecular flexibility index (Phi) is 6.43. The number of pyridine rings is 3. The van der Waals surface area contributed by atoms with E-state index in [0.29, 0.717) is 56.1 Å². The van der Waals surface area contributed by atoms with Crippen molar-refractivity contribution in [1.82, 2.24) is 39.8 Å². The van der Waals surface area contributed by atoms with E-state index in [0.717, 1.165) is 30.0 Å². The summed E-state index contributed by atoms with van der Waals surface area (Å²) in [4.78, 5) is 33.4. The third-order valence-corrected chi connectivity index (χ3v) is 7.79. The van der Waals surface area contributed by atoms with Crippen LogP contribution < -0.4 is 10.0 Å². The molecule has 5 aromatic heterocycles. The Bertz CT molecular complexity index is 2160. The number of hydrogen-bond donors (Lipinski definition) is 4. The van der Waals surface area contributed by atoms with Crippen molar-refractivity contribution in [2.24, 2.45) is 5.92 Å². The maximum absolute atomic E-state index is 14.6. The molecule has 0 atom stereocenters. The standard InChI is InChI=1S/C29H24FN9O3S/c1-43(41,42)34-9-15-4-17(6-19(30)5-15)22-12-32-13-25-26(22)37-28(36-25)27-21-8-23(33-14-24(21)38-39-27)18-7-20(11-31-10-18)35-29(40)16-2-3-16/h4-8,10-14,16,34H,2-3,9H2,1H3,(H,35,40)(H,36,37)(H,38,39). The lowest BCUT2D eigenvalue weighted by atomic mass is 10.0. The van der Waals surface area contributed by atoms with E-state index < -0.39 is 15.8 Å². The second-order valence-electron chi connectivity index (χ2n) is 10.5. The number of imidazole rings is 1. The van der Waals surface area contributed by atoms with E-state index in [1.165, 1.54) is 12.1 Å². The minimum atomic E-state index is -3.45. The molecule has 0 bridgehead atoms. The average Bonchev–Trinajstić information content (AvgIpc) is 3.61. The molecule has 1 aliphatic carbocycles. The minimum absolute atomic E-state index is 0.00161. The van der Waals surface area contributed by atoms with Gasteiger partial charge in [0.15, 0.2) is 5.82 Å². The second-order valence-corrected chi connectivity index (χ2v) is 12.4. The molecule has 0 spiro atoms. The number of benzene rings is 1. The van der Waals surface area contributed by atoms with Crippen LogP contribution in [0.1, 0.15) is 18.4 Å². The Morgan fingerprint density at radius 2 is 1.84 bits per heavy atom. The summed E-state index contributed by atoms with van der Waals surface area (Å²) in [5, 5.41) is 11.1. The highest BCUT2D eigenvalue weighted by atomic mass is 32.2. The number of nitrogens with one attached hydrogen (secondary N) is 4. The van der Waals surface area contributed by atoms with Crippen LogP contribution in [0.2, 0.25) is 0 Å². The number of H-pyrrole nitrogens is 2. The minimum Gasteiger partial charge on any atom is -0.335 e. The zero-order chi connectivity index (χ0) is 29.7. The van der Waals surface area contributed by atoms with Crippen molar-refractivity contribution in [2.45, 2.75) is 19.4 Å². The van der Waals surface area contributed by atoms with Crippen LogP contribution in [0, 0.1) is 11.7 Å². The van der Waals surface area contributed by atoms with E-state index >= 15 is 0 Å². The van der Waals surface area contributed by atoms with Gasteiger partial charge in [0.1, 0.15) is 11.5 Å². The number of fused-ring (bicyclic) bond motifs is 2. The molecule has 5 heterocycles. The maximum atomic E-state index is 14.6. The summed E-state index contributed by atoms with van der Waals surface area (Å²) >= 11 is 0. The number of carbonyl (C=O) groups excluding carboxylic acids is 1. The fourth-order valence-corrected chi connectivity index (χ4v) is 5.30. The number of aromatic amines is 2. The third-order valence-electron chi connectivity index (χ3n) is 7.12. The van der Waals surface area contributed by atoms with E-state index in [1.807, 2.05) is 12.1 Å². The molecule has 4 N–H and O–H groups in total. The van der Waals surface area contributed by atoms with Gasteiger partial charge in [-0.25, -0.2) is 22.5 Å². The number of sulfonamides is 1. The molecule has 6 aromatic rings. The summed E-state index contributed by atoms with van der Waals surface area (Å²) < 4.78 is 40.0. The van der Waals surface area contributed by atoms with Gasteiger partial charge in [-0.2, -0.15) is 5.10 Å². The zero-order valence-electron chi connectivity index (χ0n) is 22.7. The molecule has 14 heteroatoms. The molecule has 0 unspecified atom stereocenters. The van der Waals surface area contributed by atoms with E-state index in [9.17, 15) is 17.6 Å². The number of halogens is 1. The first-order chi connectivity index (χ1) is 20.7. The quantitative estimate of drug-likeness (QED) is 0.203. The lowest BCUT2D eigenvalue weighted by Gasteiger charge is -2.07. The summed E-state index contributed by atoms with van der Waals surface area (Å²) in [6.07, 6.45) is 11.0.